The molecule has 1 aliphatic carbocycles. The van der Waals surface area contributed by atoms with Crippen LogP contribution in [0.5, 0.6) is 0 Å². The molecule has 2 rings (SSSR count). The Kier molecular flexibility index (Phi) is 7.64. The van der Waals surface area contributed by atoms with Gasteiger partial charge >= 0.3 is 18.0 Å². The lowest BCUT2D eigenvalue weighted by Crippen LogP contribution is -2.59. The van der Waals surface area contributed by atoms with Crippen LogP contribution >= 0.6 is 0 Å². The van der Waals surface area contributed by atoms with E-state index in [-0.39, 0.29) is 23.8 Å². The lowest BCUT2D eigenvalue weighted by molar-refractivity contribution is -0.182. The minimum Gasteiger partial charge on any atom is -0.458 e. The van der Waals surface area contributed by atoms with E-state index in [9.17, 15) is 24.3 Å². The average molecular weight is 437 g/mol. The fourth-order valence-corrected chi connectivity index (χ4v) is 3.79. The summed E-state index contributed by atoms with van der Waals surface area (Å²) in [4.78, 5) is 49.8. The van der Waals surface area contributed by atoms with Crippen LogP contribution in [0.3, 0.4) is 0 Å². The molecule has 0 aromatic carbocycles. The first-order valence-electron chi connectivity index (χ1n) is 10.3. The maximum absolute atomic E-state index is 12.8. The van der Waals surface area contributed by atoms with Gasteiger partial charge in [-0.1, -0.05) is 33.4 Å². The lowest BCUT2D eigenvalue weighted by atomic mass is 9.77. The minimum absolute atomic E-state index is 0.0258. The largest absolute Gasteiger partial charge is 0.458 e. The Morgan fingerprint density at radius 1 is 1.35 bits per heavy atom. The van der Waals surface area contributed by atoms with E-state index < -0.39 is 53.6 Å². The van der Waals surface area contributed by atoms with Crippen molar-refractivity contribution >= 4 is 23.8 Å². The van der Waals surface area contributed by atoms with Crippen molar-refractivity contribution in [2.24, 2.45) is 17.8 Å². The number of aliphatic hydroxyl groups is 1. The van der Waals surface area contributed by atoms with Crippen molar-refractivity contribution in [1.29, 1.82) is 0 Å². The van der Waals surface area contributed by atoms with E-state index in [4.69, 9.17) is 14.2 Å². The highest BCUT2D eigenvalue weighted by molar-refractivity contribution is 5.97. The van der Waals surface area contributed by atoms with Crippen molar-refractivity contribution in [3.8, 4) is 0 Å². The Morgan fingerprint density at radius 3 is 2.58 bits per heavy atom. The molecule has 0 spiro atoms. The second kappa shape index (κ2) is 9.64. The Morgan fingerprint density at radius 2 is 2.00 bits per heavy atom. The van der Waals surface area contributed by atoms with E-state index in [0.29, 0.717) is 6.42 Å². The monoisotopic (exact) mass is 437 g/mol. The number of ether oxygens (including phenoxy) is 3. The van der Waals surface area contributed by atoms with Gasteiger partial charge in [0, 0.05) is 19.0 Å². The van der Waals surface area contributed by atoms with Crippen LogP contribution in [0.1, 0.15) is 40.5 Å². The standard InChI is InChI=1S/C22H31NO8/c1-11(2)9-16(25)30-18-17-13(4)20(26)29-14(17)10-12(3)7-8-15(24)22(5,28)19(18)31-21(27)23-6/h7-8,11-12,14,17-19,28H,4,9-10H2,1-3,5-6H3,(H,23,27)/b8-7-/t12-,14-,17+,18+,19+,22+/m1/s1. The van der Waals surface area contributed by atoms with E-state index in [1.807, 2.05) is 20.8 Å². The van der Waals surface area contributed by atoms with E-state index >= 15 is 0 Å². The number of amides is 1. The van der Waals surface area contributed by atoms with Gasteiger partial charge in [0.1, 0.15) is 6.10 Å². The number of ketones is 1. The van der Waals surface area contributed by atoms with Gasteiger partial charge in [0.25, 0.3) is 0 Å². The summed E-state index contributed by atoms with van der Waals surface area (Å²) in [6.45, 7) is 10.4. The molecule has 0 bridgehead atoms. The third kappa shape index (κ3) is 5.52. The molecule has 2 N–H and O–H groups in total. The van der Waals surface area contributed by atoms with Crippen LogP contribution in [0.15, 0.2) is 24.3 Å². The fraction of sp³-hybridized carbons (Fsp3) is 0.636. The van der Waals surface area contributed by atoms with E-state index in [1.54, 1.807) is 6.08 Å². The second-order valence-electron chi connectivity index (χ2n) is 8.71. The SMILES string of the molecule is C=C1C(=O)O[C@@H]2C[C@H](C)/C=C\C(=O)[C@](C)(O)[C@@H](OC(=O)NC)[C@@H](OC(=O)CC(C)C)[C@@H]12. The smallest absolute Gasteiger partial charge is 0.407 e. The third-order valence-corrected chi connectivity index (χ3v) is 5.49. The molecule has 1 heterocycles. The van der Waals surface area contributed by atoms with Gasteiger partial charge in [-0.05, 0) is 31.3 Å². The number of allylic oxidation sites excluding steroid dienone is 1. The van der Waals surface area contributed by atoms with Gasteiger partial charge in [0.05, 0.1) is 5.92 Å². The first kappa shape index (κ1) is 24.6. The average Bonchev–Trinajstić information content (AvgIpc) is 2.94. The molecule has 1 aliphatic heterocycles. The number of nitrogens with one attached hydrogen (secondary N) is 1. The number of carbonyl (C=O) groups excluding carboxylic acids is 4. The maximum Gasteiger partial charge on any atom is 0.407 e. The van der Waals surface area contributed by atoms with Crippen LogP contribution in [0.2, 0.25) is 0 Å². The quantitative estimate of drug-likeness (QED) is 0.386. The summed E-state index contributed by atoms with van der Waals surface area (Å²) >= 11 is 0. The van der Waals surface area contributed by atoms with Crippen LogP contribution in [0.25, 0.3) is 0 Å². The number of rotatable bonds is 4. The molecule has 0 aromatic heterocycles. The first-order valence-corrected chi connectivity index (χ1v) is 10.3. The van der Waals surface area contributed by atoms with E-state index in [0.717, 1.165) is 0 Å². The van der Waals surface area contributed by atoms with Crippen LogP contribution in [0, 0.1) is 17.8 Å². The summed E-state index contributed by atoms with van der Waals surface area (Å²) in [7, 11) is 1.31. The molecule has 2 aliphatic rings. The molecule has 31 heavy (non-hydrogen) atoms. The number of hydrogen-bond donors (Lipinski definition) is 2. The number of esters is 2. The number of hydrogen-bond acceptors (Lipinski definition) is 8. The summed E-state index contributed by atoms with van der Waals surface area (Å²) in [6.07, 6.45) is -1.51. The normalized spacial score (nSPS) is 34.5. The molecule has 6 atom stereocenters. The van der Waals surface area contributed by atoms with Gasteiger partial charge in [-0.2, -0.15) is 0 Å². The number of carbonyl (C=O) groups is 4. The molecule has 0 saturated carbocycles. The maximum atomic E-state index is 12.8. The topological polar surface area (TPSA) is 128 Å². The minimum atomic E-state index is -2.25. The molecule has 0 aromatic rings. The molecule has 172 valence electrons. The van der Waals surface area contributed by atoms with Crippen molar-refractivity contribution in [1.82, 2.24) is 5.32 Å². The summed E-state index contributed by atoms with van der Waals surface area (Å²) in [6, 6.07) is 0. The summed E-state index contributed by atoms with van der Waals surface area (Å²) < 4.78 is 16.5. The molecular weight excluding hydrogens is 406 g/mol. The Hall–Kier alpha value is -2.68. The van der Waals surface area contributed by atoms with Crippen molar-refractivity contribution in [2.75, 3.05) is 7.05 Å². The lowest BCUT2D eigenvalue weighted by Gasteiger charge is -2.39. The Labute approximate surface area is 181 Å². The van der Waals surface area contributed by atoms with Gasteiger partial charge in [-0.3, -0.25) is 9.59 Å². The van der Waals surface area contributed by atoms with E-state index in [2.05, 4.69) is 11.9 Å². The first-order chi connectivity index (χ1) is 14.4. The van der Waals surface area contributed by atoms with Gasteiger partial charge in [-0.25, -0.2) is 9.59 Å². The molecule has 0 radical (unpaired) electrons. The molecule has 9 heteroatoms. The summed E-state index contributed by atoms with van der Waals surface area (Å²) in [5.74, 6) is -3.15. The molecular formula is C22H31NO8. The second-order valence-corrected chi connectivity index (χ2v) is 8.71. The zero-order valence-electron chi connectivity index (χ0n) is 18.5. The highest BCUT2D eigenvalue weighted by Crippen LogP contribution is 2.40. The number of fused-ring (bicyclic) bond motifs is 1. The zero-order chi connectivity index (χ0) is 23.5. The molecule has 9 nitrogen and oxygen atoms in total. The van der Waals surface area contributed by atoms with Gasteiger partial charge in [-0.15, -0.1) is 0 Å². The molecule has 1 amide bonds. The fourth-order valence-electron chi connectivity index (χ4n) is 3.79. The van der Waals surface area contributed by atoms with Gasteiger partial charge in [0.15, 0.2) is 23.6 Å². The Balaban J connectivity index is 2.63. The van der Waals surface area contributed by atoms with Crippen molar-refractivity contribution in [3.05, 3.63) is 24.3 Å². The van der Waals surface area contributed by atoms with Crippen LogP contribution in [-0.4, -0.2) is 59.9 Å². The highest BCUT2D eigenvalue weighted by Gasteiger charge is 2.56. The number of alkyl carbamates (subject to hydrolysis) is 1. The van der Waals surface area contributed by atoms with Crippen molar-refractivity contribution in [2.45, 2.75) is 64.4 Å². The summed E-state index contributed by atoms with van der Waals surface area (Å²) in [5, 5.41) is 13.4. The molecule has 1 saturated heterocycles. The molecule has 0 unspecified atom stereocenters. The van der Waals surface area contributed by atoms with E-state index in [1.165, 1.54) is 20.0 Å². The highest BCUT2D eigenvalue weighted by atomic mass is 16.6. The van der Waals surface area contributed by atoms with Crippen LogP contribution < -0.4 is 5.32 Å². The van der Waals surface area contributed by atoms with Gasteiger partial charge < -0.3 is 24.6 Å². The van der Waals surface area contributed by atoms with Gasteiger partial charge in [0.2, 0.25) is 0 Å². The Bertz CT molecular complexity index is 784. The predicted octanol–water partition coefficient (Wildman–Crippen LogP) is 1.68. The van der Waals surface area contributed by atoms with Crippen molar-refractivity contribution < 1.29 is 38.5 Å². The summed E-state index contributed by atoms with van der Waals surface area (Å²) in [5.41, 5.74) is -2.22. The molecule has 1 fully saturated rings. The predicted molar refractivity (Wildman–Crippen MR) is 110 cm³/mol. The van der Waals surface area contributed by atoms with Crippen molar-refractivity contribution in [3.63, 3.8) is 0 Å². The van der Waals surface area contributed by atoms with Crippen LogP contribution in [-0.2, 0) is 28.6 Å². The third-order valence-electron chi connectivity index (χ3n) is 5.49. The van der Waals surface area contributed by atoms with Crippen LogP contribution in [0.4, 0.5) is 4.79 Å². The zero-order valence-corrected chi connectivity index (χ0v) is 18.5.